The van der Waals surface area contributed by atoms with Crippen LogP contribution in [-0.4, -0.2) is 7.05 Å². The van der Waals surface area contributed by atoms with Crippen molar-refractivity contribution in [1.82, 2.24) is 0 Å². The zero-order valence-electron chi connectivity index (χ0n) is 17.5. The van der Waals surface area contributed by atoms with Gasteiger partial charge in [-0.25, -0.2) is 0 Å². The highest BCUT2D eigenvalue weighted by molar-refractivity contribution is 6.30. The molecule has 2 aromatic carbocycles. The Morgan fingerprint density at radius 1 is 1.10 bits per heavy atom. The van der Waals surface area contributed by atoms with Gasteiger partial charge in [-0.3, -0.25) is 0 Å². The minimum absolute atomic E-state index is 0.0356. The SMILES string of the molecule is C=C(Cc1ccc(Cl)cc1)Nc1cc(C(F)(F)F)c(N(C)C(=C)C)cc1C(=C)CC. The zero-order valence-corrected chi connectivity index (χ0v) is 18.2. The summed E-state index contributed by atoms with van der Waals surface area (Å²) in [4.78, 5) is 1.43. The molecule has 2 aromatic rings. The maximum absolute atomic E-state index is 13.8. The molecule has 30 heavy (non-hydrogen) atoms. The van der Waals surface area contributed by atoms with Crippen molar-refractivity contribution in [1.29, 1.82) is 0 Å². The van der Waals surface area contributed by atoms with E-state index in [9.17, 15) is 13.2 Å². The van der Waals surface area contributed by atoms with Crippen molar-refractivity contribution >= 4 is 28.5 Å². The molecular formula is C24H26ClF3N2. The highest BCUT2D eigenvalue weighted by Gasteiger charge is 2.36. The lowest BCUT2D eigenvalue weighted by atomic mass is 9.97. The van der Waals surface area contributed by atoms with Gasteiger partial charge in [-0.1, -0.05) is 50.4 Å². The smallest absolute Gasteiger partial charge is 0.359 e. The molecule has 0 fully saturated rings. The number of allylic oxidation sites excluding steroid dienone is 3. The van der Waals surface area contributed by atoms with Gasteiger partial charge >= 0.3 is 6.18 Å². The molecule has 0 aliphatic heterocycles. The molecule has 6 heteroatoms. The Labute approximate surface area is 181 Å². The number of nitrogens with one attached hydrogen (secondary N) is 1. The Morgan fingerprint density at radius 2 is 1.70 bits per heavy atom. The van der Waals surface area contributed by atoms with Crippen molar-refractivity contribution in [3.8, 4) is 0 Å². The molecule has 0 saturated heterocycles. The van der Waals surface area contributed by atoms with Crippen LogP contribution in [0.1, 0.15) is 37.0 Å². The van der Waals surface area contributed by atoms with Crippen LogP contribution >= 0.6 is 11.6 Å². The van der Waals surface area contributed by atoms with Crippen LogP contribution in [0.4, 0.5) is 24.5 Å². The molecule has 0 radical (unpaired) electrons. The van der Waals surface area contributed by atoms with Crippen LogP contribution in [-0.2, 0) is 12.6 Å². The molecule has 0 atom stereocenters. The summed E-state index contributed by atoms with van der Waals surface area (Å²) in [6, 6.07) is 9.87. The van der Waals surface area contributed by atoms with E-state index in [-0.39, 0.29) is 5.69 Å². The van der Waals surface area contributed by atoms with E-state index in [4.69, 9.17) is 11.6 Å². The Bertz CT molecular complexity index is 960. The zero-order chi connectivity index (χ0) is 22.6. The molecule has 0 aromatic heterocycles. The lowest BCUT2D eigenvalue weighted by molar-refractivity contribution is -0.137. The standard InChI is InChI=1S/C24H26ClF3N2/c1-7-16(4)20-13-23(30(6)15(2)3)21(24(26,27)28)14-22(20)29-17(5)12-18-8-10-19(25)11-9-18/h8-11,13-14,29H,2,4-5,7,12H2,1,3,6H3. The van der Waals surface area contributed by atoms with Gasteiger partial charge in [-0.2, -0.15) is 13.2 Å². The highest BCUT2D eigenvalue weighted by atomic mass is 35.5. The van der Waals surface area contributed by atoms with Crippen molar-refractivity contribution in [2.24, 2.45) is 0 Å². The second-order valence-corrected chi connectivity index (χ2v) is 7.63. The first-order valence-corrected chi connectivity index (χ1v) is 9.83. The molecule has 0 unspecified atom stereocenters. The van der Waals surface area contributed by atoms with Crippen LogP contribution in [0.3, 0.4) is 0 Å². The molecule has 2 rings (SSSR count). The topological polar surface area (TPSA) is 15.3 Å². The van der Waals surface area contributed by atoms with Crippen LogP contribution < -0.4 is 10.2 Å². The Hall–Kier alpha value is -2.66. The van der Waals surface area contributed by atoms with Gasteiger partial charge in [-0.15, -0.1) is 0 Å². The first-order valence-electron chi connectivity index (χ1n) is 9.45. The van der Waals surface area contributed by atoms with E-state index in [1.54, 1.807) is 26.1 Å². The second kappa shape index (κ2) is 9.43. The van der Waals surface area contributed by atoms with Crippen LogP contribution in [0.2, 0.25) is 5.02 Å². The van der Waals surface area contributed by atoms with E-state index in [1.165, 1.54) is 11.0 Å². The summed E-state index contributed by atoms with van der Waals surface area (Å²) in [7, 11) is 1.57. The number of rotatable bonds is 8. The third kappa shape index (κ3) is 5.70. The van der Waals surface area contributed by atoms with Gasteiger partial charge in [0.1, 0.15) is 0 Å². The van der Waals surface area contributed by atoms with Crippen molar-refractivity contribution in [2.45, 2.75) is 32.9 Å². The average Bonchev–Trinajstić information content (AvgIpc) is 2.67. The summed E-state index contributed by atoms with van der Waals surface area (Å²) in [5.74, 6) is 0. The third-order valence-corrected chi connectivity index (χ3v) is 5.08. The molecule has 0 aliphatic carbocycles. The van der Waals surface area contributed by atoms with Crippen molar-refractivity contribution in [3.63, 3.8) is 0 Å². The predicted molar refractivity (Wildman–Crippen MR) is 122 cm³/mol. The second-order valence-electron chi connectivity index (χ2n) is 7.20. The summed E-state index contributed by atoms with van der Waals surface area (Å²) < 4.78 is 41.5. The minimum atomic E-state index is -4.53. The molecule has 1 N–H and O–H groups in total. The van der Waals surface area contributed by atoms with Gasteiger partial charge < -0.3 is 10.2 Å². The quantitative estimate of drug-likeness (QED) is 0.454. The van der Waals surface area contributed by atoms with E-state index in [2.05, 4.69) is 25.1 Å². The molecular weight excluding hydrogens is 409 g/mol. The largest absolute Gasteiger partial charge is 0.418 e. The number of alkyl halides is 3. The number of benzene rings is 2. The molecule has 160 valence electrons. The van der Waals surface area contributed by atoms with Crippen LogP contribution in [0, 0.1) is 0 Å². The highest BCUT2D eigenvalue weighted by Crippen LogP contribution is 2.42. The first kappa shape index (κ1) is 23.6. The number of hydrogen-bond acceptors (Lipinski definition) is 2. The lowest BCUT2D eigenvalue weighted by Gasteiger charge is -2.27. The maximum atomic E-state index is 13.8. The average molecular weight is 435 g/mol. The van der Waals surface area contributed by atoms with Gasteiger partial charge in [-0.05, 0) is 48.7 Å². The molecule has 0 spiro atoms. The molecule has 0 aliphatic rings. The monoisotopic (exact) mass is 434 g/mol. The Kier molecular flexibility index (Phi) is 7.43. The van der Waals surface area contributed by atoms with E-state index in [1.807, 2.05) is 19.1 Å². The Balaban J connectivity index is 2.50. The number of nitrogens with zero attached hydrogens (tertiary/aromatic N) is 1. The molecule has 2 nitrogen and oxygen atoms in total. The van der Waals surface area contributed by atoms with Crippen molar-refractivity contribution < 1.29 is 13.2 Å². The van der Waals surface area contributed by atoms with Crippen LogP contribution in [0.15, 0.2) is 67.5 Å². The maximum Gasteiger partial charge on any atom is 0.418 e. The normalized spacial score (nSPS) is 11.2. The molecule has 0 heterocycles. The van der Waals surface area contributed by atoms with Crippen LogP contribution in [0.25, 0.3) is 5.57 Å². The lowest BCUT2D eigenvalue weighted by Crippen LogP contribution is -2.20. The van der Waals surface area contributed by atoms with Crippen LogP contribution in [0.5, 0.6) is 0 Å². The number of anilines is 2. The fourth-order valence-electron chi connectivity index (χ4n) is 2.97. The van der Waals surface area contributed by atoms with Gasteiger partial charge in [0, 0.05) is 41.1 Å². The van der Waals surface area contributed by atoms with Gasteiger partial charge in [0.15, 0.2) is 0 Å². The molecule has 0 bridgehead atoms. The van der Waals surface area contributed by atoms with Gasteiger partial charge in [0.05, 0.1) is 11.3 Å². The summed E-state index contributed by atoms with van der Waals surface area (Å²) in [6.45, 7) is 15.4. The van der Waals surface area contributed by atoms with Crippen molar-refractivity contribution in [3.05, 3.63) is 89.2 Å². The fourth-order valence-corrected chi connectivity index (χ4v) is 3.09. The Morgan fingerprint density at radius 3 is 2.20 bits per heavy atom. The summed E-state index contributed by atoms with van der Waals surface area (Å²) >= 11 is 5.91. The van der Waals surface area contributed by atoms with Crippen molar-refractivity contribution in [2.75, 3.05) is 17.3 Å². The number of halogens is 4. The van der Waals surface area contributed by atoms with E-state index >= 15 is 0 Å². The summed E-state index contributed by atoms with van der Waals surface area (Å²) in [5, 5.41) is 3.68. The van der Waals surface area contributed by atoms with E-state index in [0.717, 1.165) is 17.2 Å². The first-order chi connectivity index (χ1) is 13.9. The molecule has 0 saturated carbocycles. The fraction of sp³-hybridized carbons (Fsp3) is 0.250. The minimum Gasteiger partial charge on any atom is -0.359 e. The molecule has 0 amide bonds. The summed E-state index contributed by atoms with van der Waals surface area (Å²) in [5.41, 5.74) is 2.97. The van der Waals surface area contributed by atoms with E-state index < -0.39 is 11.7 Å². The predicted octanol–water partition coefficient (Wildman–Crippen LogP) is 7.92. The van der Waals surface area contributed by atoms with Gasteiger partial charge in [0.25, 0.3) is 0 Å². The third-order valence-electron chi connectivity index (χ3n) is 4.83. The summed E-state index contributed by atoms with van der Waals surface area (Å²) in [6.07, 6.45) is -3.48. The van der Waals surface area contributed by atoms with E-state index in [0.29, 0.717) is 40.5 Å². The van der Waals surface area contributed by atoms with Gasteiger partial charge in [0.2, 0.25) is 0 Å². The number of hydrogen-bond donors (Lipinski definition) is 1.